The van der Waals surface area contributed by atoms with Gasteiger partial charge in [-0.3, -0.25) is 4.90 Å². The molecule has 94 valence electrons. The summed E-state index contributed by atoms with van der Waals surface area (Å²) in [5.41, 5.74) is 8.34. The van der Waals surface area contributed by atoms with Crippen LogP contribution in [0.5, 0.6) is 0 Å². The number of likely N-dealkylation sites (tertiary alicyclic amines) is 1. The molecule has 2 rings (SSSR count). The van der Waals surface area contributed by atoms with Crippen LogP contribution in [0.25, 0.3) is 0 Å². The van der Waals surface area contributed by atoms with Gasteiger partial charge in [-0.15, -0.1) is 0 Å². The molecule has 3 N–H and O–H groups in total. The first-order chi connectivity index (χ1) is 8.11. The Labute approximate surface area is 103 Å². The number of aryl methyl sites for hydroxylation is 1. The molecule has 1 heterocycles. The fraction of sp³-hybridized carbons (Fsp3) is 0.571. The summed E-state index contributed by atoms with van der Waals surface area (Å²) in [6.45, 7) is 4.97. The van der Waals surface area contributed by atoms with E-state index in [-0.39, 0.29) is 6.61 Å². The largest absolute Gasteiger partial charge is 0.394 e. The fourth-order valence-electron chi connectivity index (χ4n) is 2.47. The molecule has 3 nitrogen and oxygen atoms in total. The highest BCUT2D eigenvalue weighted by atomic mass is 16.3. The van der Waals surface area contributed by atoms with Crippen molar-refractivity contribution in [1.29, 1.82) is 0 Å². The van der Waals surface area contributed by atoms with Gasteiger partial charge >= 0.3 is 0 Å². The van der Waals surface area contributed by atoms with Gasteiger partial charge in [-0.25, -0.2) is 0 Å². The molecule has 1 aliphatic rings. The van der Waals surface area contributed by atoms with E-state index in [9.17, 15) is 5.11 Å². The summed E-state index contributed by atoms with van der Waals surface area (Å²) in [4.78, 5) is 2.34. The zero-order chi connectivity index (χ0) is 12.3. The first-order valence-electron chi connectivity index (χ1n) is 6.29. The van der Waals surface area contributed by atoms with Crippen LogP contribution in [0.4, 0.5) is 0 Å². The van der Waals surface area contributed by atoms with Crippen LogP contribution in [0, 0.1) is 6.92 Å². The summed E-state index contributed by atoms with van der Waals surface area (Å²) < 4.78 is 0. The van der Waals surface area contributed by atoms with Crippen LogP contribution < -0.4 is 5.73 Å². The van der Waals surface area contributed by atoms with E-state index in [1.807, 2.05) is 0 Å². The Morgan fingerprint density at radius 2 is 2.06 bits per heavy atom. The number of nitrogens with two attached hydrogens (primary N) is 1. The van der Waals surface area contributed by atoms with Gasteiger partial charge in [0.15, 0.2) is 0 Å². The minimum atomic E-state index is -0.400. The number of hydrogen-bond acceptors (Lipinski definition) is 3. The van der Waals surface area contributed by atoms with Crippen molar-refractivity contribution in [3.63, 3.8) is 0 Å². The molecule has 1 saturated heterocycles. The van der Waals surface area contributed by atoms with Crippen LogP contribution in [0.1, 0.15) is 24.0 Å². The van der Waals surface area contributed by atoms with Gasteiger partial charge in [0.2, 0.25) is 0 Å². The van der Waals surface area contributed by atoms with E-state index in [4.69, 9.17) is 5.73 Å². The molecule has 0 radical (unpaired) electrons. The van der Waals surface area contributed by atoms with Gasteiger partial charge < -0.3 is 10.8 Å². The molecular formula is C14H22N2O. The quantitative estimate of drug-likeness (QED) is 0.828. The molecule has 1 atom stereocenters. The third-order valence-corrected chi connectivity index (χ3v) is 3.53. The van der Waals surface area contributed by atoms with Gasteiger partial charge in [0.05, 0.1) is 12.1 Å². The fourth-order valence-corrected chi connectivity index (χ4v) is 2.47. The molecule has 3 heteroatoms. The number of aliphatic hydroxyl groups excluding tert-OH is 1. The summed E-state index contributed by atoms with van der Waals surface area (Å²) in [5.74, 6) is 0. The summed E-state index contributed by atoms with van der Waals surface area (Å²) >= 11 is 0. The van der Waals surface area contributed by atoms with E-state index < -0.39 is 5.54 Å². The Morgan fingerprint density at radius 1 is 1.35 bits per heavy atom. The first-order valence-corrected chi connectivity index (χ1v) is 6.29. The van der Waals surface area contributed by atoms with Crippen molar-refractivity contribution in [2.24, 2.45) is 5.73 Å². The second kappa shape index (κ2) is 5.17. The molecular weight excluding hydrogens is 212 g/mol. The second-order valence-corrected chi connectivity index (χ2v) is 5.32. The van der Waals surface area contributed by atoms with Gasteiger partial charge in [0, 0.05) is 13.1 Å². The summed E-state index contributed by atoms with van der Waals surface area (Å²) in [5, 5.41) is 9.32. The van der Waals surface area contributed by atoms with E-state index in [1.54, 1.807) is 0 Å². The summed E-state index contributed by atoms with van der Waals surface area (Å²) in [6, 6.07) is 8.62. The molecule has 1 unspecified atom stereocenters. The Kier molecular flexibility index (Phi) is 3.82. The number of hydrogen-bond donors (Lipinski definition) is 2. The lowest BCUT2D eigenvalue weighted by atomic mass is 9.91. The highest BCUT2D eigenvalue weighted by Gasteiger charge is 2.30. The van der Waals surface area contributed by atoms with Crippen LogP contribution in [0.3, 0.4) is 0 Å². The first kappa shape index (κ1) is 12.6. The molecule has 1 aromatic rings. The van der Waals surface area contributed by atoms with Crippen molar-refractivity contribution >= 4 is 0 Å². The molecule has 0 spiro atoms. The maximum absolute atomic E-state index is 9.32. The number of aliphatic hydroxyl groups is 1. The third kappa shape index (κ3) is 3.28. The standard InChI is InChI=1S/C14H22N2O/c1-12-3-5-13(6-4-12)9-16-8-2-7-14(15,10-16)11-17/h3-6,17H,2,7-11,15H2,1H3. The number of nitrogens with zero attached hydrogens (tertiary/aromatic N) is 1. The average Bonchev–Trinajstić information content (AvgIpc) is 2.32. The van der Waals surface area contributed by atoms with E-state index in [0.717, 1.165) is 32.5 Å². The lowest BCUT2D eigenvalue weighted by Crippen LogP contribution is -2.56. The van der Waals surface area contributed by atoms with Crippen molar-refractivity contribution in [1.82, 2.24) is 4.90 Å². The zero-order valence-corrected chi connectivity index (χ0v) is 10.5. The van der Waals surface area contributed by atoms with Gasteiger partial charge in [0.1, 0.15) is 0 Å². The number of rotatable bonds is 3. The Balaban J connectivity index is 1.97. The van der Waals surface area contributed by atoms with Gasteiger partial charge in [-0.2, -0.15) is 0 Å². The molecule has 17 heavy (non-hydrogen) atoms. The highest BCUT2D eigenvalue weighted by Crippen LogP contribution is 2.20. The van der Waals surface area contributed by atoms with Crippen LogP contribution in [0.15, 0.2) is 24.3 Å². The van der Waals surface area contributed by atoms with E-state index in [2.05, 4.69) is 36.1 Å². The van der Waals surface area contributed by atoms with Crippen LogP contribution in [0.2, 0.25) is 0 Å². The lowest BCUT2D eigenvalue weighted by molar-refractivity contribution is 0.0901. The zero-order valence-electron chi connectivity index (χ0n) is 10.5. The van der Waals surface area contributed by atoms with Crippen molar-refractivity contribution < 1.29 is 5.11 Å². The van der Waals surface area contributed by atoms with Crippen LogP contribution in [-0.2, 0) is 6.54 Å². The molecule has 0 amide bonds. The number of piperidine rings is 1. The molecule has 0 aromatic heterocycles. The second-order valence-electron chi connectivity index (χ2n) is 5.32. The van der Waals surface area contributed by atoms with E-state index in [0.29, 0.717) is 0 Å². The van der Waals surface area contributed by atoms with Crippen molar-refractivity contribution in [2.75, 3.05) is 19.7 Å². The molecule has 1 fully saturated rings. The van der Waals surface area contributed by atoms with Crippen molar-refractivity contribution in [3.8, 4) is 0 Å². The maximum atomic E-state index is 9.32. The minimum absolute atomic E-state index is 0.0808. The van der Waals surface area contributed by atoms with Gasteiger partial charge in [-0.05, 0) is 31.9 Å². The van der Waals surface area contributed by atoms with Crippen LogP contribution in [-0.4, -0.2) is 35.2 Å². The Hall–Kier alpha value is -0.900. The van der Waals surface area contributed by atoms with E-state index >= 15 is 0 Å². The minimum Gasteiger partial charge on any atom is -0.394 e. The highest BCUT2D eigenvalue weighted by molar-refractivity contribution is 5.21. The third-order valence-electron chi connectivity index (χ3n) is 3.53. The maximum Gasteiger partial charge on any atom is 0.0623 e. The summed E-state index contributed by atoms with van der Waals surface area (Å²) in [6.07, 6.45) is 2.00. The number of benzene rings is 1. The van der Waals surface area contributed by atoms with Crippen LogP contribution >= 0.6 is 0 Å². The van der Waals surface area contributed by atoms with Crippen molar-refractivity contribution in [3.05, 3.63) is 35.4 Å². The predicted molar refractivity (Wildman–Crippen MR) is 69.7 cm³/mol. The smallest absolute Gasteiger partial charge is 0.0623 e. The molecule has 1 aromatic carbocycles. The van der Waals surface area contributed by atoms with E-state index in [1.165, 1.54) is 11.1 Å². The molecule has 0 saturated carbocycles. The molecule has 0 aliphatic carbocycles. The SMILES string of the molecule is Cc1ccc(CN2CCCC(N)(CO)C2)cc1. The molecule has 1 aliphatic heterocycles. The van der Waals surface area contributed by atoms with Gasteiger partial charge in [-0.1, -0.05) is 29.8 Å². The summed E-state index contributed by atoms with van der Waals surface area (Å²) in [7, 11) is 0. The normalized spacial score (nSPS) is 26.1. The Bertz CT molecular complexity index is 363. The topological polar surface area (TPSA) is 49.5 Å². The Morgan fingerprint density at radius 3 is 2.71 bits per heavy atom. The average molecular weight is 234 g/mol. The van der Waals surface area contributed by atoms with Gasteiger partial charge in [0.25, 0.3) is 0 Å². The van der Waals surface area contributed by atoms with Crippen molar-refractivity contribution in [2.45, 2.75) is 31.8 Å². The predicted octanol–water partition coefficient (Wildman–Crippen LogP) is 1.28. The lowest BCUT2D eigenvalue weighted by Gasteiger charge is -2.39. The monoisotopic (exact) mass is 234 g/mol. The molecule has 0 bridgehead atoms.